The average molecular weight is 224 g/mol. The molecule has 0 aromatic carbocycles. The molecule has 0 saturated heterocycles. The van der Waals surface area contributed by atoms with Gasteiger partial charge in [-0.15, -0.1) is 12.4 Å². The summed E-state index contributed by atoms with van der Waals surface area (Å²) in [7, 11) is 3.12. The number of rotatable bonds is 2. The fourth-order valence-electron chi connectivity index (χ4n) is 1.67. The minimum absolute atomic E-state index is 0. The summed E-state index contributed by atoms with van der Waals surface area (Å²) in [6, 6.07) is 0.263. The molecule has 1 amide bonds. The lowest BCUT2D eigenvalue weighted by atomic mass is 9.93. The Labute approximate surface area is 90.7 Å². The summed E-state index contributed by atoms with van der Waals surface area (Å²) in [6.07, 6.45) is 4.04. The van der Waals surface area contributed by atoms with Crippen molar-refractivity contribution in [2.45, 2.75) is 37.8 Å². The molecule has 0 unspecified atom stereocenters. The van der Waals surface area contributed by atoms with Gasteiger partial charge in [0.05, 0.1) is 13.2 Å². The van der Waals surface area contributed by atoms with Gasteiger partial charge in [0, 0.05) is 13.2 Å². The van der Waals surface area contributed by atoms with Crippen molar-refractivity contribution in [1.82, 2.24) is 5.32 Å². The van der Waals surface area contributed by atoms with Gasteiger partial charge >= 0.3 is 6.09 Å². The molecule has 1 rings (SSSR count). The summed E-state index contributed by atoms with van der Waals surface area (Å²) in [5.41, 5.74) is 0. The Morgan fingerprint density at radius 2 is 1.79 bits per heavy atom. The topological polar surface area (TPSA) is 47.6 Å². The minimum Gasteiger partial charge on any atom is -0.453 e. The number of carbonyl (C=O) groups excluding carboxylic acids is 1. The average Bonchev–Trinajstić information content (AvgIpc) is 2.19. The molecule has 0 aromatic rings. The molecule has 0 aliphatic heterocycles. The number of hydrogen-bond donors (Lipinski definition) is 1. The first-order valence-electron chi connectivity index (χ1n) is 4.63. The number of halogens is 1. The highest BCUT2D eigenvalue weighted by Crippen LogP contribution is 2.20. The third-order valence-corrected chi connectivity index (χ3v) is 2.51. The smallest absolute Gasteiger partial charge is 0.407 e. The van der Waals surface area contributed by atoms with Gasteiger partial charge in [0.25, 0.3) is 0 Å². The Morgan fingerprint density at radius 1 is 1.21 bits per heavy atom. The predicted octanol–water partition coefficient (Wildman–Crippen LogP) is 1.72. The number of hydrogen-bond acceptors (Lipinski definition) is 3. The molecule has 0 atom stereocenters. The molecule has 1 aliphatic carbocycles. The lowest BCUT2D eigenvalue weighted by molar-refractivity contribution is 0.0617. The first-order chi connectivity index (χ1) is 6.26. The molecule has 14 heavy (non-hydrogen) atoms. The highest BCUT2D eigenvalue weighted by molar-refractivity contribution is 5.85. The van der Waals surface area contributed by atoms with Gasteiger partial charge in [-0.25, -0.2) is 4.79 Å². The van der Waals surface area contributed by atoms with E-state index in [1.165, 1.54) is 7.11 Å². The third-order valence-electron chi connectivity index (χ3n) is 2.51. The zero-order valence-electron chi connectivity index (χ0n) is 8.62. The van der Waals surface area contributed by atoms with Crippen LogP contribution in [-0.4, -0.2) is 32.5 Å². The molecule has 0 bridgehead atoms. The van der Waals surface area contributed by atoms with Gasteiger partial charge in [0.2, 0.25) is 0 Å². The van der Waals surface area contributed by atoms with Crippen molar-refractivity contribution < 1.29 is 14.3 Å². The van der Waals surface area contributed by atoms with E-state index in [0.717, 1.165) is 25.7 Å². The van der Waals surface area contributed by atoms with Gasteiger partial charge in [0.1, 0.15) is 0 Å². The Balaban J connectivity index is 0.00000169. The van der Waals surface area contributed by atoms with Crippen LogP contribution in [0.25, 0.3) is 0 Å². The van der Waals surface area contributed by atoms with Crippen molar-refractivity contribution in [3.8, 4) is 0 Å². The van der Waals surface area contributed by atoms with Crippen LogP contribution in [0.4, 0.5) is 4.79 Å². The largest absolute Gasteiger partial charge is 0.453 e. The summed E-state index contributed by atoms with van der Waals surface area (Å²) in [5, 5.41) is 2.80. The Morgan fingerprint density at radius 3 is 2.21 bits per heavy atom. The predicted molar refractivity (Wildman–Crippen MR) is 55.8 cm³/mol. The second-order valence-electron chi connectivity index (χ2n) is 3.35. The molecule has 84 valence electrons. The maximum Gasteiger partial charge on any atom is 0.407 e. The number of alkyl carbamates (subject to hydrolysis) is 1. The normalized spacial score (nSPS) is 26.1. The molecule has 1 fully saturated rings. The summed E-state index contributed by atoms with van der Waals surface area (Å²) in [4.78, 5) is 10.9. The quantitative estimate of drug-likeness (QED) is 0.776. The number of ether oxygens (including phenoxy) is 2. The van der Waals surface area contributed by atoms with Crippen molar-refractivity contribution in [3.05, 3.63) is 0 Å². The molecular formula is C9H18ClNO3. The number of amides is 1. The summed E-state index contributed by atoms with van der Waals surface area (Å²) < 4.78 is 9.75. The van der Waals surface area contributed by atoms with Crippen LogP contribution >= 0.6 is 12.4 Å². The number of carbonyl (C=O) groups is 1. The van der Waals surface area contributed by atoms with Crippen LogP contribution in [0, 0.1) is 0 Å². The SMILES string of the molecule is COC(=O)N[C@H]1CC[C@@H](OC)CC1.Cl. The van der Waals surface area contributed by atoms with E-state index in [0.29, 0.717) is 6.10 Å². The van der Waals surface area contributed by atoms with E-state index in [-0.39, 0.29) is 24.5 Å². The zero-order chi connectivity index (χ0) is 9.68. The summed E-state index contributed by atoms with van der Waals surface area (Å²) in [5.74, 6) is 0. The van der Waals surface area contributed by atoms with E-state index in [4.69, 9.17) is 4.74 Å². The van der Waals surface area contributed by atoms with Crippen molar-refractivity contribution >= 4 is 18.5 Å². The van der Waals surface area contributed by atoms with E-state index < -0.39 is 0 Å². The molecule has 1 N–H and O–H groups in total. The standard InChI is InChI=1S/C9H17NO3.ClH/c1-12-8-5-3-7(4-6-8)10-9(11)13-2;/h7-8H,3-6H2,1-2H3,(H,10,11);1H/t7-,8+;. The van der Waals surface area contributed by atoms with Crippen LogP contribution in [0.1, 0.15) is 25.7 Å². The van der Waals surface area contributed by atoms with Crippen LogP contribution in [-0.2, 0) is 9.47 Å². The van der Waals surface area contributed by atoms with Gasteiger partial charge in [0.15, 0.2) is 0 Å². The molecule has 0 spiro atoms. The van der Waals surface area contributed by atoms with E-state index in [9.17, 15) is 4.79 Å². The second-order valence-corrected chi connectivity index (χ2v) is 3.35. The van der Waals surface area contributed by atoms with E-state index in [1.54, 1.807) is 7.11 Å². The lowest BCUT2D eigenvalue weighted by Gasteiger charge is -2.27. The van der Waals surface area contributed by atoms with Crippen molar-refractivity contribution in [1.29, 1.82) is 0 Å². The zero-order valence-corrected chi connectivity index (χ0v) is 9.43. The molecule has 4 nitrogen and oxygen atoms in total. The van der Waals surface area contributed by atoms with Crippen LogP contribution in [0.5, 0.6) is 0 Å². The van der Waals surface area contributed by atoms with Crippen molar-refractivity contribution in [3.63, 3.8) is 0 Å². The Kier molecular flexibility index (Phi) is 6.66. The van der Waals surface area contributed by atoms with Gasteiger partial charge in [-0.1, -0.05) is 0 Å². The first kappa shape index (κ1) is 13.5. The third kappa shape index (κ3) is 4.15. The number of nitrogens with one attached hydrogen (secondary N) is 1. The molecule has 0 aromatic heterocycles. The molecule has 0 heterocycles. The summed E-state index contributed by atoms with van der Waals surface area (Å²) >= 11 is 0. The van der Waals surface area contributed by atoms with Crippen molar-refractivity contribution in [2.24, 2.45) is 0 Å². The fraction of sp³-hybridized carbons (Fsp3) is 0.889. The second kappa shape index (κ2) is 6.90. The Bertz CT molecular complexity index is 169. The van der Waals surface area contributed by atoms with Crippen molar-refractivity contribution in [2.75, 3.05) is 14.2 Å². The van der Waals surface area contributed by atoms with Crippen LogP contribution in [0.15, 0.2) is 0 Å². The molecule has 5 heteroatoms. The monoisotopic (exact) mass is 223 g/mol. The summed E-state index contributed by atoms with van der Waals surface area (Å²) in [6.45, 7) is 0. The highest BCUT2D eigenvalue weighted by Gasteiger charge is 2.21. The first-order valence-corrected chi connectivity index (χ1v) is 4.63. The van der Waals surface area contributed by atoms with Gasteiger partial charge in [-0.3, -0.25) is 0 Å². The minimum atomic E-state index is -0.333. The maximum absolute atomic E-state index is 10.9. The van der Waals surface area contributed by atoms with Gasteiger partial charge in [-0.2, -0.15) is 0 Å². The van der Waals surface area contributed by atoms with Crippen LogP contribution < -0.4 is 5.32 Å². The van der Waals surface area contributed by atoms with E-state index in [1.807, 2.05) is 0 Å². The van der Waals surface area contributed by atoms with Crippen LogP contribution in [0.2, 0.25) is 0 Å². The molecular weight excluding hydrogens is 206 g/mol. The molecule has 1 saturated carbocycles. The lowest BCUT2D eigenvalue weighted by Crippen LogP contribution is -2.38. The highest BCUT2D eigenvalue weighted by atomic mass is 35.5. The van der Waals surface area contributed by atoms with Crippen LogP contribution in [0.3, 0.4) is 0 Å². The van der Waals surface area contributed by atoms with E-state index >= 15 is 0 Å². The fourth-order valence-corrected chi connectivity index (χ4v) is 1.67. The number of methoxy groups -OCH3 is 2. The van der Waals surface area contributed by atoms with Gasteiger partial charge < -0.3 is 14.8 Å². The maximum atomic E-state index is 10.9. The van der Waals surface area contributed by atoms with E-state index in [2.05, 4.69) is 10.1 Å². The van der Waals surface area contributed by atoms with Gasteiger partial charge in [-0.05, 0) is 25.7 Å². The molecule has 1 aliphatic rings. The molecule has 0 radical (unpaired) electrons. The Hall–Kier alpha value is -0.480.